The van der Waals surface area contributed by atoms with E-state index in [-0.39, 0.29) is 17.0 Å². The van der Waals surface area contributed by atoms with E-state index >= 15 is 0 Å². The van der Waals surface area contributed by atoms with E-state index in [2.05, 4.69) is 6.92 Å². The lowest BCUT2D eigenvalue weighted by atomic mass is 9.85. The largest absolute Gasteiger partial charge is 0.459 e. The van der Waals surface area contributed by atoms with Crippen LogP contribution >= 0.6 is 0 Å². The van der Waals surface area contributed by atoms with Gasteiger partial charge in [-0.1, -0.05) is 6.42 Å². The molecular weight excluding hydrogens is 176 g/mol. The van der Waals surface area contributed by atoms with Crippen molar-refractivity contribution in [3.8, 4) is 0 Å². The van der Waals surface area contributed by atoms with Gasteiger partial charge in [0.25, 0.3) is 0 Å². The molecule has 0 spiro atoms. The summed E-state index contributed by atoms with van der Waals surface area (Å²) in [6.07, 6.45) is 5.70. The van der Waals surface area contributed by atoms with Crippen LogP contribution in [0.3, 0.4) is 0 Å². The van der Waals surface area contributed by atoms with Gasteiger partial charge in [0.1, 0.15) is 5.60 Å². The molecule has 0 unspecified atom stereocenters. The Balaban J connectivity index is 2.54. The van der Waals surface area contributed by atoms with Crippen LogP contribution in [0, 0.1) is 5.41 Å². The number of rotatable bonds is 1. The normalized spacial score (nSPS) is 21.7. The molecular formula is C12H22O2. The van der Waals surface area contributed by atoms with Crippen molar-refractivity contribution in [2.45, 2.75) is 65.4 Å². The molecule has 1 fully saturated rings. The molecule has 0 atom stereocenters. The van der Waals surface area contributed by atoms with Crippen molar-refractivity contribution >= 4 is 5.97 Å². The van der Waals surface area contributed by atoms with E-state index in [0.29, 0.717) is 0 Å². The van der Waals surface area contributed by atoms with Crippen LogP contribution in [0.2, 0.25) is 0 Å². The molecule has 14 heavy (non-hydrogen) atoms. The number of carbonyl (C=O) groups is 1. The molecule has 0 N–H and O–H groups in total. The van der Waals surface area contributed by atoms with Crippen LogP contribution < -0.4 is 0 Å². The van der Waals surface area contributed by atoms with Gasteiger partial charge in [-0.3, -0.25) is 4.79 Å². The summed E-state index contributed by atoms with van der Waals surface area (Å²) < 4.78 is 5.60. The van der Waals surface area contributed by atoms with Crippen LogP contribution in [0.25, 0.3) is 0 Å². The third kappa shape index (κ3) is 3.00. The first-order chi connectivity index (χ1) is 6.33. The summed E-state index contributed by atoms with van der Waals surface area (Å²) in [6.45, 7) is 7.78. The molecule has 0 saturated heterocycles. The molecule has 0 aromatic rings. The Morgan fingerprint density at radius 1 is 1.14 bits per heavy atom. The Morgan fingerprint density at radius 3 is 2.07 bits per heavy atom. The van der Waals surface area contributed by atoms with Gasteiger partial charge in [0.05, 0.1) is 5.41 Å². The highest BCUT2D eigenvalue weighted by molar-refractivity contribution is 5.75. The quantitative estimate of drug-likeness (QED) is 0.604. The van der Waals surface area contributed by atoms with E-state index in [4.69, 9.17) is 4.74 Å². The summed E-state index contributed by atoms with van der Waals surface area (Å²) in [5.74, 6) is -0.0677. The molecule has 2 heteroatoms. The van der Waals surface area contributed by atoms with Crippen molar-refractivity contribution in [3.63, 3.8) is 0 Å². The average Bonchev–Trinajstić information content (AvgIpc) is 2.02. The zero-order valence-electron chi connectivity index (χ0n) is 9.85. The maximum absolute atomic E-state index is 11.7. The summed E-state index contributed by atoms with van der Waals surface area (Å²) in [7, 11) is 0. The first kappa shape index (κ1) is 11.5. The third-order valence-corrected chi connectivity index (χ3v) is 2.86. The average molecular weight is 198 g/mol. The Hall–Kier alpha value is -0.530. The predicted octanol–water partition coefficient (Wildman–Crippen LogP) is 3.30. The second-order valence-corrected chi connectivity index (χ2v) is 5.65. The van der Waals surface area contributed by atoms with Crippen LogP contribution in [0.15, 0.2) is 0 Å². The molecule has 0 aromatic heterocycles. The minimum absolute atomic E-state index is 0.0677. The lowest BCUT2D eigenvalue weighted by Gasteiger charge is -2.35. The van der Waals surface area contributed by atoms with Crippen molar-refractivity contribution < 1.29 is 9.53 Å². The lowest BCUT2D eigenvalue weighted by molar-refractivity contribution is -0.170. The number of carbonyl (C=O) groups excluding carboxylic acids is 1. The second-order valence-electron chi connectivity index (χ2n) is 5.65. The maximum atomic E-state index is 11.7. The van der Waals surface area contributed by atoms with Gasteiger partial charge in [0.2, 0.25) is 0 Å². The van der Waals surface area contributed by atoms with Gasteiger partial charge in [-0.25, -0.2) is 0 Å². The SMILES string of the molecule is CC1(OC(=O)C(C)(C)C)CCCCC1. The molecule has 0 heterocycles. The van der Waals surface area contributed by atoms with E-state index in [1.165, 1.54) is 19.3 Å². The Labute approximate surface area is 87.0 Å². The van der Waals surface area contributed by atoms with Gasteiger partial charge < -0.3 is 4.74 Å². The summed E-state index contributed by atoms with van der Waals surface area (Å²) in [4.78, 5) is 11.7. The molecule has 0 aromatic carbocycles. The number of hydrogen-bond acceptors (Lipinski definition) is 2. The smallest absolute Gasteiger partial charge is 0.311 e. The molecule has 1 aliphatic carbocycles. The second kappa shape index (κ2) is 3.92. The van der Waals surface area contributed by atoms with E-state index in [1.54, 1.807) is 0 Å². The maximum Gasteiger partial charge on any atom is 0.311 e. The monoisotopic (exact) mass is 198 g/mol. The third-order valence-electron chi connectivity index (χ3n) is 2.86. The fourth-order valence-electron chi connectivity index (χ4n) is 1.78. The van der Waals surface area contributed by atoms with Gasteiger partial charge in [-0.15, -0.1) is 0 Å². The van der Waals surface area contributed by atoms with E-state index in [9.17, 15) is 4.79 Å². The molecule has 0 aliphatic heterocycles. The van der Waals surface area contributed by atoms with Crippen LogP contribution in [-0.4, -0.2) is 11.6 Å². The highest BCUT2D eigenvalue weighted by atomic mass is 16.6. The molecule has 82 valence electrons. The van der Waals surface area contributed by atoms with Crippen LogP contribution in [-0.2, 0) is 9.53 Å². The number of ether oxygens (including phenoxy) is 1. The first-order valence-corrected chi connectivity index (χ1v) is 5.57. The van der Waals surface area contributed by atoms with Crippen molar-refractivity contribution in [1.82, 2.24) is 0 Å². The van der Waals surface area contributed by atoms with Gasteiger partial charge >= 0.3 is 5.97 Å². The molecule has 2 nitrogen and oxygen atoms in total. The van der Waals surface area contributed by atoms with Crippen LogP contribution in [0.4, 0.5) is 0 Å². The minimum atomic E-state index is -0.375. The first-order valence-electron chi connectivity index (χ1n) is 5.57. The van der Waals surface area contributed by atoms with E-state index in [0.717, 1.165) is 12.8 Å². The van der Waals surface area contributed by atoms with Gasteiger partial charge in [0, 0.05) is 0 Å². The molecule has 1 aliphatic rings. The lowest BCUT2D eigenvalue weighted by Crippen LogP contribution is -2.38. The zero-order valence-corrected chi connectivity index (χ0v) is 9.85. The Bertz CT molecular complexity index is 207. The Kier molecular flexibility index (Phi) is 3.23. The predicted molar refractivity (Wildman–Crippen MR) is 57.0 cm³/mol. The van der Waals surface area contributed by atoms with Crippen molar-refractivity contribution in [3.05, 3.63) is 0 Å². The fourth-order valence-corrected chi connectivity index (χ4v) is 1.78. The zero-order chi connectivity index (χ0) is 10.8. The van der Waals surface area contributed by atoms with Gasteiger partial charge in [0.15, 0.2) is 0 Å². The molecule has 0 bridgehead atoms. The summed E-state index contributed by atoms with van der Waals surface area (Å²) >= 11 is 0. The highest BCUT2D eigenvalue weighted by Gasteiger charge is 2.34. The molecule has 1 saturated carbocycles. The summed E-state index contributed by atoms with van der Waals surface area (Å²) in [5.41, 5.74) is -0.566. The van der Waals surface area contributed by atoms with E-state index in [1.807, 2.05) is 20.8 Å². The van der Waals surface area contributed by atoms with Crippen LogP contribution in [0.1, 0.15) is 59.8 Å². The van der Waals surface area contributed by atoms with Crippen LogP contribution in [0.5, 0.6) is 0 Å². The highest BCUT2D eigenvalue weighted by Crippen LogP contribution is 2.33. The standard InChI is InChI=1S/C12H22O2/c1-11(2,3)10(13)14-12(4)8-6-5-7-9-12/h5-9H2,1-4H3. The van der Waals surface area contributed by atoms with Crippen molar-refractivity contribution in [2.75, 3.05) is 0 Å². The summed E-state index contributed by atoms with van der Waals surface area (Å²) in [5, 5.41) is 0. The molecule has 0 radical (unpaired) electrons. The van der Waals surface area contributed by atoms with E-state index < -0.39 is 0 Å². The summed E-state index contributed by atoms with van der Waals surface area (Å²) in [6, 6.07) is 0. The molecule has 1 rings (SSSR count). The van der Waals surface area contributed by atoms with Crippen molar-refractivity contribution in [2.24, 2.45) is 5.41 Å². The van der Waals surface area contributed by atoms with Gasteiger partial charge in [-0.2, -0.15) is 0 Å². The molecule has 0 amide bonds. The fraction of sp³-hybridized carbons (Fsp3) is 0.917. The minimum Gasteiger partial charge on any atom is -0.459 e. The number of esters is 1. The van der Waals surface area contributed by atoms with Crippen molar-refractivity contribution in [1.29, 1.82) is 0 Å². The number of hydrogen-bond donors (Lipinski definition) is 0. The Morgan fingerprint density at radius 2 is 1.64 bits per heavy atom. The topological polar surface area (TPSA) is 26.3 Å². The van der Waals surface area contributed by atoms with Gasteiger partial charge in [-0.05, 0) is 53.4 Å².